The summed E-state index contributed by atoms with van der Waals surface area (Å²) in [7, 11) is 0. The van der Waals surface area contributed by atoms with Crippen molar-refractivity contribution >= 4 is 11.6 Å². The van der Waals surface area contributed by atoms with Crippen molar-refractivity contribution in [1.82, 2.24) is 4.90 Å². The SMILES string of the molecule is O=C(C1CC1)N1CCC(O)(CNc2ccccc2)CC1. The van der Waals surface area contributed by atoms with E-state index >= 15 is 0 Å². The highest BCUT2D eigenvalue weighted by Gasteiger charge is 2.38. The van der Waals surface area contributed by atoms with Gasteiger partial charge in [-0.15, -0.1) is 0 Å². The molecule has 2 aliphatic rings. The molecule has 1 aromatic rings. The van der Waals surface area contributed by atoms with Gasteiger partial charge in [-0.05, 0) is 37.8 Å². The van der Waals surface area contributed by atoms with E-state index < -0.39 is 5.60 Å². The third-order valence-corrected chi connectivity index (χ3v) is 4.33. The average molecular weight is 274 g/mol. The molecule has 1 aromatic carbocycles. The Balaban J connectivity index is 1.49. The largest absolute Gasteiger partial charge is 0.388 e. The van der Waals surface area contributed by atoms with Crippen LogP contribution in [0.15, 0.2) is 30.3 Å². The molecule has 4 nitrogen and oxygen atoms in total. The highest BCUT2D eigenvalue weighted by atomic mass is 16.3. The Kier molecular flexibility index (Phi) is 3.66. The molecule has 1 aliphatic heterocycles. The molecular weight excluding hydrogens is 252 g/mol. The van der Waals surface area contributed by atoms with E-state index in [4.69, 9.17) is 0 Å². The third-order valence-electron chi connectivity index (χ3n) is 4.33. The first kappa shape index (κ1) is 13.4. The van der Waals surface area contributed by atoms with E-state index in [1.54, 1.807) is 0 Å². The number of anilines is 1. The topological polar surface area (TPSA) is 52.6 Å². The molecule has 0 bridgehead atoms. The number of aliphatic hydroxyl groups is 1. The standard InChI is InChI=1S/C16H22N2O2/c19-15(13-6-7-13)18-10-8-16(20,9-11-18)12-17-14-4-2-1-3-5-14/h1-5,13,17,20H,6-12H2. The summed E-state index contributed by atoms with van der Waals surface area (Å²) in [6.45, 7) is 1.91. The number of rotatable bonds is 4. The van der Waals surface area contributed by atoms with Gasteiger partial charge in [0.15, 0.2) is 0 Å². The van der Waals surface area contributed by atoms with E-state index in [9.17, 15) is 9.90 Å². The smallest absolute Gasteiger partial charge is 0.225 e. The molecule has 20 heavy (non-hydrogen) atoms. The Morgan fingerprint density at radius 1 is 1.25 bits per heavy atom. The summed E-state index contributed by atoms with van der Waals surface area (Å²) >= 11 is 0. The van der Waals surface area contributed by atoms with Gasteiger partial charge < -0.3 is 15.3 Å². The van der Waals surface area contributed by atoms with Crippen molar-refractivity contribution in [3.05, 3.63) is 30.3 Å². The van der Waals surface area contributed by atoms with E-state index in [0.717, 1.165) is 18.5 Å². The maximum Gasteiger partial charge on any atom is 0.225 e. The quantitative estimate of drug-likeness (QED) is 0.881. The van der Waals surface area contributed by atoms with E-state index in [1.165, 1.54) is 0 Å². The van der Waals surface area contributed by atoms with Crippen molar-refractivity contribution in [2.24, 2.45) is 5.92 Å². The predicted octanol–water partition coefficient (Wildman–Crippen LogP) is 1.86. The first-order valence-electron chi connectivity index (χ1n) is 7.46. The molecule has 1 saturated carbocycles. The molecule has 2 N–H and O–H groups in total. The maximum atomic E-state index is 12.0. The highest BCUT2D eigenvalue weighted by Crippen LogP contribution is 2.33. The number of piperidine rings is 1. The summed E-state index contributed by atoms with van der Waals surface area (Å²) in [4.78, 5) is 13.9. The fraction of sp³-hybridized carbons (Fsp3) is 0.562. The van der Waals surface area contributed by atoms with E-state index in [-0.39, 0.29) is 5.92 Å². The second kappa shape index (κ2) is 5.44. The van der Waals surface area contributed by atoms with Crippen LogP contribution in [0.1, 0.15) is 25.7 Å². The van der Waals surface area contributed by atoms with Crippen LogP contribution in [0.5, 0.6) is 0 Å². The second-order valence-corrected chi connectivity index (χ2v) is 6.04. The lowest BCUT2D eigenvalue weighted by atomic mass is 9.91. The van der Waals surface area contributed by atoms with Gasteiger partial charge in [0.05, 0.1) is 5.60 Å². The zero-order valence-corrected chi connectivity index (χ0v) is 11.7. The van der Waals surface area contributed by atoms with Crippen molar-refractivity contribution in [3.63, 3.8) is 0 Å². The van der Waals surface area contributed by atoms with Gasteiger partial charge in [0, 0.05) is 31.2 Å². The van der Waals surface area contributed by atoms with E-state index in [0.29, 0.717) is 38.4 Å². The van der Waals surface area contributed by atoms with Gasteiger partial charge in [0.1, 0.15) is 0 Å². The third kappa shape index (κ3) is 3.12. The molecule has 1 aliphatic carbocycles. The minimum Gasteiger partial charge on any atom is -0.388 e. The molecule has 0 radical (unpaired) electrons. The zero-order valence-electron chi connectivity index (χ0n) is 11.7. The van der Waals surface area contributed by atoms with Gasteiger partial charge in [0.25, 0.3) is 0 Å². The summed E-state index contributed by atoms with van der Waals surface area (Å²) in [5.74, 6) is 0.576. The lowest BCUT2D eigenvalue weighted by Gasteiger charge is -2.38. The first-order chi connectivity index (χ1) is 9.66. The number of hydrogen-bond donors (Lipinski definition) is 2. The summed E-state index contributed by atoms with van der Waals surface area (Å²) in [5, 5.41) is 13.9. The number of likely N-dealkylation sites (tertiary alicyclic amines) is 1. The number of amides is 1. The number of hydrogen-bond acceptors (Lipinski definition) is 3. The monoisotopic (exact) mass is 274 g/mol. The van der Waals surface area contributed by atoms with E-state index in [1.807, 2.05) is 35.2 Å². The van der Waals surface area contributed by atoms with Gasteiger partial charge in [0.2, 0.25) is 5.91 Å². The van der Waals surface area contributed by atoms with Gasteiger partial charge in [-0.3, -0.25) is 4.79 Å². The van der Waals surface area contributed by atoms with Crippen LogP contribution in [-0.2, 0) is 4.79 Å². The van der Waals surface area contributed by atoms with Gasteiger partial charge >= 0.3 is 0 Å². The summed E-state index contributed by atoms with van der Waals surface area (Å²) < 4.78 is 0. The summed E-state index contributed by atoms with van der Waals surface area (Å²) in [6.07, 6.45) is 3.42. The second-order valence-electron chi connectivity index (χ2n) is 6.04. The maximum absolute atomic E-state index is 12.0. The van der Waals surface area contributed by atoms with Crippen LogP contribution >= 0.6 is 0 Å². The number of carbonyl (C=O) groups excluding carboxylic acids is 1. The molecule has 4 heteroatoms. The van der Waals surface area contributed by atoms with Crippen molar-refractivity contribution in [1.29, 1.82) is 0 Å². The Hall–Kier alpha value is -1.55. The number of benzene rings is 1. The van der Waals surface area contributed by atoms with Crippen LogP contribution < -0.4 is 5.32 Å². The minimum absolute atomic E-state index is 0.281. The Morgan fingerprint density at radius 2 is 1.90 bits per heavy atom. The normalized spacial score (nSPS) is 21.6. The van der Waals surface area contributed by atoms with Crippen molar-refractivity contribution < 1.29 is 9.90 Å². The predicted molar refractivity (Wildman–Crippen MR) is 78.4 cm³/mol. The first-order valence-corrected chi connectivity index (χ1v) is 7.46. The van der Waals surface area contributed by atoms with Crippen molar-refractivity contribution in [3.8, 4) is 0 Å². The molecule has 1 saturated heterocycles. The molecule has 108 valence electrons. The molecule has 1 heterocycles. The van der Waals surface area contributed by atoms with Crippen LogP contribution in [0.4, 0.5) is 5.69 Å². The number of nitrogens with one attached hydrogen (secondary N) is 1. The highest BCUT2D eigenvalue weighted by molar-refractivity contribution is 5.81. The molecule has 0 aromatic heterocycles. The number of para-hydroxylation sites is 1. The van der Waals surface area contributed by atoms with Crippen LogP contribution in [0.2, 0.25) is 0 Å². The molecule has 0 unspecified atom stereocenters. The van der Waals surface area contributed by atoms with Gasteiger partial charge in [-0.2, -0.15) is 0 Å². The Labute approximate surface area is 119 Å². The van der Waals surface area contributed by atoms with Gasteiger partial charge in [-0.25, -0.2) is 0 Å². The van der Waals surface area contributed by atoms with Crippen LogP contribution in [0.25, 0.3) is 0 Å². The van der Waals surface area contributed by atoms with Crippen molar-refractivity contribution in [2.45, 2.75) is 31.3 Å². The lowest BCUT2D eigenvalue weighted by molar-refractivity contribution is -0.136. The van der Waals surface area contributed by atoms with E-state index in [2.05, 4.69) is 5.32 Å². The molecular formula is C16H22N2O2. The van der Waals surface area contributed by atoms with Crippen LogP contribution in [0, 0.1) is 5.92 Å². The van der Waals surface area contributed by atoms with Gasteiger partial charge in [-0.1, -0.05) is 18.2 Å². The molecule has 1 amide bonds. The van der Waals surface area contributed by atoms with Crippen molar-refractivity contribution in [2.75, 3.05) is 25.0 Å². The Bertz CT molecular complexity index is 463. The fourth-order valence-corrected chi connectivity index (χ4v) is 2.73. The zero-order chi connectivity index (χ0) is 14.0. The average Bonchev–Trinajstić information content (AvgIpc) is 3.31. The lowest BCUT2D eigenvalue weighted by Crippen LogP contribution is -2.50. The minimum atomic E-state index is -0.698. The molecule has 3 rings (SSSR count). The molecule has 0 atom stereocenters. The van der Waals surface area contributed by atoms with Crippen LogP contribution in [-0.4, -0.2) is 41.1 Å². The molecule has 0 spiro atoms. The number of carbonyl (C=O) groups is 1. The number of nitrogens with zero attached hydrogens (tertiary/aromatic N) is 1. The molecule has 2 fully saturated rings. The summed E-state index contributed by atoms with van der Waals surface area (Å²) in [5.41, 5.74) is 0.327. The summed E-state index contributed by atoms with van der Waals surface area (Å²) in [6, 6.07) is 9.92. The fourth-order valence-electron chi connectivity index (χ4n) is 2.73. The van der Waals surface area contributed by atoms with Crippen LogP contribution in [0.3, 0.4) is 0 Å². The Morgan fingerprint density at radius 3 is 2.50 bits per heavy atom.